The van der Waals surface area contributed by atoms with Crippen LogP contribution in [0, 0.1) is 6.92 Å². The van der Waals surface area contributed by atoms with Crippen LogP contribution in [-0.4, -0.2) is 16.3 Å². The first-order valence-electron chi connectivity index (χ1n) is 6.26. The molecule has 0 spiro atoms. The van der Waals surface area contributed by atoms with E-state index in [0.29, 0.717) is 11.1 Å². The molecular formula is C16H13N3O. The van der Waals surface area contributed by atoms with Gasteiger partial charge in [0, 0.05) is 10.9 Å². The van der Waals surface area contributed by atoms with Gasteiger partial charge < -0.3 is 5.73 Å². The zero-order valence-electron chi connectivity index (χ0n) is 11.0. The van der Waals surface area contributed by atoms with Gasteiger partial charge in [-0.25, -0.2) is 4.98 Å². The number of hydrogen-bond donors (Lipinski definition) is 1. The molecule has 0 aliphatic heterocycles. The van der Waals surface area contributed by atoms with Crippen molar-refractivity contribution in [2.45, 2.75) is 6.92 Å². The smallest absolute Gasteiger partial charge is 0.153 e. The molecule has 2 aromatic heterocycles. The van der Waals surface area contributed by atoms with Crippen molar-refractivity contribution >= 4 is 23.0 Å². The minimum absolute atomic E-state index is 0.234. The summed E-state index contributed by atoms with van der Waals surface area (Å²) in [5, 5.41) is 0.856. The second kappa shape index (κ2) is 4.74. The third-order valence-corrected chi connectivity index (χ3v) is 3.31. The fourth-order valence-corrected chi connectivity index (χ4v) is 2.21. The Labute approximate surface area is 116 Å². The van der Waals surface area contributed by atoms with Gasteiger partial charge in [-0.15, -0.1) is 0 Å². The molecule has 20 heavy (non-hydrogen) atoms. The van der Waals surface area contributed by atoms with Gasteiger partial charge in [0.05, 0.1) is 23.0 Å². The average Bonchev–Trinajstić information content (AvgIpc) is 2.46. The molecule has 2 N–H and O–H groups in total. The number of carbonyl (C=O) groups is 1. The maximum absolute atomic E-state index is 10.9. The fourth-order valence-electron chi connectivity index (χ4n) is 2.21. The van der Waals surface area contributed by atoms with E-state index >= 15 is 0 Å². The summed E-state index contributed by atoms with van der Waals surface area (Å²) < 4.78 is 0. The lowest BCUT2D eigenvalue weighted by Crippen LogP contribution is -1.98. The number of carbonyl (C=O) groups excluding carboxylic acids is 1. The van der Waals surface area contributed by atoms with Gasteiger partial charge in [-0.05, 0) is 24.6 Å². The van der Waals surface area contributed by atoms with E-state index in [0.717, 1.165) is 28.5 Å². The third kappa shape index (κ3) is 2.01. The molecule has 4 heteroatoms. The van der Waals surface area contributed by atoms with Crippen LogP contribution < -0.4 is 5.73 Å². The summed E-state index contributed by atoms with van der Waals surface area (Å²) in [4.78, 5) is 19.6. The van der Waals surface area contributed by atoms with Crippen LogP contribution in [0.3, 0.4) is 0 Å². The van der Waals surface area contributed by atoms with Crippen molar-refractivity contribution in [1.29, 1.82) is 0 Å². The van der Waals surface area contributed by atoms with Gasteiger partial charge in [-0.2, -0.15) is 0 Å². The maximum atomic E-state index is 10.9. The average molecular weight is 263 g/mol. The Morgan fingerprint density at radius 1 is 1.20 bits per heavy atom. The Hall–Kier alpha value is -2.75. The quantitative estimate of drug-likeness (QED) is 0.721. The first-order chi connectivity index (χ1) is 9.69. The van der Waals surface area contributed by atoms with Gasteiger partial charge in [-0.3, -0.25) is 9.78 Å². The monoisotopic (exact) mass is 263 g/mol. The van der Waals surface area contributed by atoms with Crippen molar-refractivity contribution < 1.29 is 4.79 Å². The molecule has 0 saturated heterocycles. The first kappa shape index (κ1) is 12.3. The predicted octanol–water partition coefficient (Wildman–Crippen LogP) is 3.00. The molecule has 1 aromatic carbocycles. The molecule has 4 nitrogen and oxygen atoms in total. The fraction of sp³-hybridized carbons (Fsp3) is 0.0625. The number of nitrogens with two attached hydrogens (primary N) is 1. The van der Waals surface area contributed by atoms with Gasteiger partial charge in [0.2, 0.25) is 0 Å². The van der Waals surface area contributed by atoms with E-state index in [1.165, 1.54) is 0 Å². The second-order valence-corrected chi connectivity index (χ2v) is 4.66. The van der Waals surface area contributed by atoms with Gasteiger partial charge in [0.1, 0.15) is 5.82 Å². The summed E-state index contributed by atoms with van der Waals surface area (Å²) >= 11 is 0. The van der Waals surface area contributed by atoms with Crippen LogP contribution in [0.15, 0.2) is 42.6 Å². The van der Waals surface area contributed by atoms with Crippen molar-refractivity contribution in [3.05, 3.63) is 53.7 Å². The van der Waals surface area contributed by atoms with E-state index in [-0.39, 0.29) is 5.82 Å². The molecule has 0 aliphatic rings. The van der Waals surface area contributed by atoms with Crippen molar-refractivity contribution in [3.63, 3.8) is 0 Å². The highest BCUT2D eigenvalue weighted by Gasteiger charge is 2.07. The summed E-state index contributed by atoms with van der Waals surface area (Å²) in [5.74, 6) is 0.234. The zero-order valence-corrected chi connectivity index (χ0v) is 11.0. The van der Waals surface area contributed by atoms with Crippen molar-refractivity contribution in [2.24, 2.45) is 0 Å². The molecule has 0 radical (unpaired) electrons. The van der Waals surface area contributed by atoms with Gasteiger partial charge in [0.15, 0.2) is 6.29 Å². The highest BCUT2D eigenvalue weighted by Crippen LogP contribution is 2.25. The van der Waals surface area contributed by atoms with Crippen LogP contribution >= 0.6 is 0 Å². The van der Waals surface area contributed by atoms with Crippen molar-refractivity contribution in [2.75, 3.05) is 5.73 Å². The number of aldehydes is 1. The number of anilines is 1. The Morgan fingerprint density at radius 3 is 2.75 bits per heavy atom. The topological polar surface area (TPSA) is 68.9 Å². The van der Waals surface area contributed by atoms with Crippen molar-refractivity contribution in [1.82, 2.24) is 9.97 Å². The summed E-state index contributed by atoms with van der Waals surface area (Å²) in [6.07, 6.45) is 2.40. The number of hydrogen-bond acceptors (Lipinski definition) is 4. The van der Waals surface area contributed by atoms with Crippen LogP contribution in [0.4, 0.5) is 5.82 Å². The number of aromatic nitrogens is 2. The molecule has 0 atom stereocenters. The number of benzene rings is 1. The molecule has 0 fully saturated rings. The van der Waals surface area contributed by atoms with E-state index in [9.17, 15) is 4.79 Å². The predicted molar refractivity (Wildman–Crippen MR) is 79.5 cm³/mol. The highest BCUT2D eigenvalue weighted by molar-refractivity contribution is 5.92. The Morgan fingerprint density at radius 2 is 2.00 bits per heavy atom. The van der Waals surface area contributed by atoms with Crippen LogP contribution in [0.2, 0.25) is 0 Å². The SMILES string of the molecule is Cc1ccccc1-c1cc2cc(C=O)c(N)nc2cn1. The molecule has 3 aromatic rings. The summed E-state index contributed by atoms with van der Waals surface area (Å²) in [7, 11) is 0. The third-order valence-electron chi connectivity index (χ3n) is 3.31. The Kier molecular flexibility index (Phi) is 2.91. The van der Waals surface area contributed by atoms with Gasteiger partial charge >= 0.3 is 0 Å². The van der Waals surface area contributed by atoms with Gasteiger partial charge in [0.25, 0.3) is 0 Å². The standard InChI is InChI=1S/C16H13N3O/c1-10-4-2-3-5-13(10)14-7-11-6-12(9-20)16(17)19-15(11)8-18-14/h2-9H,1H3,(H2,17,19). The molecule has 0 bridgehead atoms. The number of fused-ring (bicyclic) bond motifs is 1. The summed E-state index contributed by atoms with van der Waals surface area (Å²) in [6.45, 7) is 2.04. The summed E-state index contributed by atoms with van der Waals surface area (Å²) in [5.41, 5.74) is 9.87. The number of pyridine rings is 2. The number of aryl methyl sites for hydroxylation is 1. The van der Waals surface area contributed by atoms with E-state index in [4.69, 9.17) is 5.73 Å². The van der Waals surface area contributed by atoms with Gasteiger partial charge in [-0.1, -0.05) is 24.3 Å². The zero-order chi connectivity index (χ0) is 14.1. The Bertz CT molecular complexity index is 812. The lowest BCUT2D eigenvalue weighted by Gasteiger charge is -2.07. The summed E-state index contributed by atoms with van der Waals surface area (Å²) in [6, 6.07) is 11.7. The lowest BCUT2D eigenvalue weighted by molar-refractivity contribution is 0.112. The molecule has 98 valence electrons. The molecular weight excluding hydrogens is 250 g/mol. The molecule has 0 aliphatic carbocycles. The minimum atomic E-state index is 0.234. The number of nitrogens with zero attached hydrogens (tertiary/aromatic N) is 2. The molecule has 0 amide bonds. The lowest BCUT2D eigenvalue weighted by atomic mass is 10.0. The van der Waals surface area contributed by atoms with Crippen molar-refractivity contribution in [3.8, 4) is 11.3 Å². The van der Waals surface area contributed by atoms with E-state index in [1.807, 2.05) is 37.3 Å². The van der Waals surface area contributed by atoms with Crippen LogP contribution in [-0.2, 0) is 0 Å². The Balaban J connectivity index is 2.22. The molecule has 2 heterocycles. The second-order valence-electron chi connectivity index (χ2n) is 4.66. The van der Waals surface area contributed by atoms with Crippen LogP contribution in [0.1, 0.15) is 15.9 Å². The maximum Gasteiger partial charge on any atom is 0.153 e. The van der Waals surface area contributed by atoms with Crippen LogP contribution in [0.25, 0.3) is 22.2 Å². The minimum Gasteiger partial charge on any atom is -0.383 e. The normalized spacial score (nSPS) is 10.7. The number of rotatable bonds is 2. The van der Waals surface area contributed by atoms with E-state index < -0.39 is 0 Å². The van der Waals surface area contributed by atoms with E-state index in [1.54, 1.807) is 12.3 Å². The first-order valence-corrected chi connectivity index (χ1v) is 6.26. The van der Waals surface area contributed by atoms with E-state index in [2.05, 4.69) is 9.97 Å². The highest BCUT2D eigenvalue weighted by atomic mass is 16.1. The molecule has 3 rings (SSSR count). The molecule has 0 unspecified atom stereocenters. The number of nitrogen functional groups attached to an aromatic ring is 1. The largest absolute Gasteiger partial charge is 0.383 e. The molecule has 0 saturated carbocycles. The van der Waals surface area contributed by atoms with Crippen LogP contribution in [0.5, 0.6) is 0 Å².